The number of hydrogen-bond acceptors (Lipinski definition) is 1. The van der Waals surface area contributed by atoms with Crippen LogP contribution >= 0.6 is 0 Å². The number of rotatable bonds is 1. The number of aliphatic hydroxyl groups excluding tert-OH is 1. The molecule has 3 aromatic carbocycles. The first-order valence-corrected chi connectivity index (χ1v) is 8.33. The Morgan fingerprint density at radius 1 is 0.667 bits per heavy atom. The lowest BCUT2D eigenvalue weighted by atomic mass is 10.0. The van der Waals surface area contributed by atoms with E-state index in [1.54, 1.807) is 18.2 Å². The highest BCUT2D eigenvalue weighted by molar-refractivity contribution is 5.49. The van der Waals surface area contributed by atoms with E-state index in [9.17, 15) is 9.50 Å². The lowest BCUT2D eigenvalue weighted by molar-refractivity contribution is 0.238. The second-order valence-electron chi connectivity index (χ2n) is 5.63. The molecule has 0 aliphatic heterocycles. The van der Waals surface area contributed by atoms with E-state index in [0.29, 0.717) is 11.1 Å². The molecule has 0 aromatic heterocycles. The molecule has 0 radical (unpaired) electrons. The summed E-state index contributed by atoms with van der Waals surface area (Å²) in [5.41, 5.74) is 2.92. The van der Waals surface area contributed by atoms with Gasteiger partial charge in [-0.2, -0.15) is 0 Å². The van der Waals surface area contributed by atoms with E-state index in [2.05, 4.69) is 35.5 Å². The zero-order chi connectivity index (χ0) is 18.9. The summed E-state index contributed by atoms with van der Waals surface area (Å²) in [6, 6.07) is 22.8. The molecule has 0 saturated heterocycles. The van der Waals surface area contributed by atoms with E-state index in [1.165, 1.54) is 12.1 Å². The topological polar surface area (TPSA) is 20.2 Å². The van der Waals surface area contributed by atoms with Gasteiger partial charge in [-0.1, -0.05) is 60.1 Å². The fourth-order valence-corrected chi connectivity index (χ4v) is 2.33. The second-order valence-corrected chi connectivity index (χ2v) is 5.63. The SMILES string of the molecule is OC(C#CC#Cc1ccc(F)cc1)c1ccccc1C#Cc1ccccc1. The van der Waals surface area contributed by atoms with Gasteiger partial charge in [0.2, 0.25) is 0 Å². The molecule has 1 unspecified atom stereocenters. The molecule has 0 bridgehead atoms. The average Bonchev–Trinajstić information content (AvgIpc) is 2.72. The van der Waals surface area contributed by atoms with Gasteiger partial charge in [-0.25, -0.2) is 4.39 Å². The molecule has 1 nitrogen and oxygen atoms in total. The van der Waals surface area contributed by atoms with Crippen molar-refractivity contribution in [3.8, 4) is 35.5 Å². The van der Waals surface area contributed by atoms with Crippen molar-refractivity contribution in [3.05, 3.63) is 107 Å². The van der Waals surface area contributed by atoms with Crippen LogP contribution in [0.5, 0.6) is 0 Å². The summed E-state index contributed by atoms with van der Waals surface area (Å²) in [6.07, 6.45) is -0.992. The maximum atomic E-state index is 12.9. The summed E-state index contributed by atoms with van der Waals surface area (Å²) >= 11 is 0. The molecule has 2 heteroatoms. The van der Waals surface area contributed by atoms with Crippen molar-refractivity contribution in [1.29, 1.82) is 0 Å². The summed E-state index contributed by atoms with van der Waals surface area (Å²) in [7, 11) is 0. The highest BCUT2D eigenvalue weighted by atomic mass is 19.1. The average molecular weight is 350 g/mol. The van der Waals surface area contributed by atoms with Gasteiger partial charge in [0.25, 0.3) is 0 Å². The van der Waals surface area contributed by atoms with E-state index in [-0.39, 0.29) is 5.82 Å². The van der Waals surface area contributed by atoms with Gasteiger partial charge in [0.15, 0.2) is 0 Å². The van der Waals surface area contributed by atoms with Crippen molar-refractivity contribution in [2.24, 2.45) is 0 Å². The van der Waals surface area contributed by atoms with Gasteiger partial charge in [0, 0.05) is 22.3 Å². The Balaban J connectivity index is 1.78. The Morgan fingerprint density at radius 3 is 2.11 bits per heavy atom. The van der Waals surface area contributed by atoms with Crippen LogP contribution in [0.15, 0.2) is 78.9 Å². The summed E-state index contributed by atoms with van der Waals surface area (Å²) < 4.78 is 12.9. The lowest BCUT2D eigenvalue weighted by Gasteiger charge is -2.05. The maximum Gasteiger partial charge on any atom is 0.142 e. The van der Waals surface area contributed by atoms with E-state index in [0.717, 1.165) is 11.1 Å². The van der Waals surface area contributed by atoms with Crippen molar-refractivity contribution in [1.82, 2.24) is 0 Å². The highest BCUT2D eigenvalue weighted by Crippen LogP contribution is 2.16. The van der Waals surface area contributed by atoms with Crippen LogP contribution in [-0.2, 0) is 0 Å². The normalized spacial score (nSPS) is 10.3. The molecule has 3 aromatic rings. The van der Waals surface area contributed by atoms with Crippen LogP contribution in [0.2, 0.25) is 0 Å². The third kappa shape index (κ3) is 5.35. The van der Waals surface area contributed by atoms with E-state index < -0.39 is 6.10 Å². The Morgan fingerprint density at radius 2 is 1.33 bits per heavy atom. The molecular weight excluding hydrogens is 335 g/mol. The van der Waals surface area contributed by atoms with Crippen molar-refractivity contribution in [2.75, 3.05) is 0 Å². The smallest absolute Gasteiger partial charge is 0.142 e. The van der Waals surface area contributed by atoms with Crippen LogP contribution in [0.3, 0.4) is 0 Å². The fraction of sp³-hybridized carbons (Fsp3) is 0.0400. The minimum absolute atomic E-state index is 0.310. The zero-order valence-corrected chi connectivity index (χ0v) is 14.4. The molecule has 128 valence electrons. The molecular formula is C25H15FO. The van der Waals surface area contributed by atoms with Crippen LogP contribution < -0.4 is 0 Å². The molecule has 0 heterocycles. The Bertz CT molecular complexity index is 1100. The van der Waals surface area contributed by atoms with Crippen LogP contribution in [0.4, 0.5) is 4.39 Å². The van der Waals surface area contributed by atoms with Gasteiger partial charge in [-0.15, -0.1) is 0 Å². The predicted octanol–water partition coefficient (Wildman–Crippen LogP) is 4.31. The monoisotopic (exact) mass is 350 g/mol. The number of hydrogen-bond donors (Lipinski definition) is 1. The van der Waals surface area contributed by atoms with Crippen LogP contribution in [-0.4, -0.2) is 5.11 Å². The first-order valence-electron chi connectivity index (χ1n) is 8.33. The van der Waals surface area contributed by atoms with Gasteiger partial charge in [0.05, 0.1) is 0 Å². The molecule has 1 N–H and O–H groups in total. The van der Waals surface area contributed by atoms with Gasteiger partial charge < -0.3 is 5.11 Å². The summed E-state index contributed by atoms with van der Waals surface area (Å²) in [5.74, 6) is 16.7. The molecule has 0 fully saturated rings. The summed E-state index contributed by atoms with van der Waals surface area (Å²) in [4.78, 5) is 0. The Labute approximate surface area is 158 Å². The van der Waals surface area contributed by atoms with Crippen LogP contribution in [0.1, 0.15) is 28.4 Å². The first kappa shape index (κ1) is 18.0. The number of halogens is 1. The third-order valence-electron chi connectivity index (χ3n) is 3.69. The van der Waals surface area contributed by atoms with E-state index in [4.69, 9.17) is 0 Å². The van der Waals surface area contributed by atoms with Gasteiger partial charge >= 0.3 is 0 Å². The first-order chi connectivity index (χ1) is 13.2. The maximum absolute atomic E-state index is 12.9. The molecule has 27 heavy (non-hydrogen) atoms. The van der Waals surface area contributed by atoms with Crippen molar-refractivity contribution >= 4 is 0 Å². The summed E-state index contributed by atoms with van der Waals surface area (Å²) in [6.45, 7) is 0. The minimum Gasteiger partial charge on any atom is -0.376 e. The molecule has 0 spiro atoms. The van der Waals surface area contributed by atoms with E-state index >= 15 is 0 Å². The predicted molar refractivity (Wildman–Crippen MR) is 105 cm³/mol. The molecule has 3 rings (SSSR count). The molecule has 1 atom stereocenters. The molecule has 0 aliphatic carbocycles. The van der Waals surface area contributed by atoms with Crippen molar-refractivity contribution in [3.63, 3.8) is 0 Å². The zero-order valence-electron chi connectivity index (χ0n) is 14.4. The number of aliphatic hydroxyl groups is 1. The second kappa shape index (κ2) is 9.07. The van der Waals surface area contributed by atoms with Gasteiger partial charge in [-0.05, 0) is 54.3 Å². The molecule has 0 aliphatic rings. The van der Waals surface area contributed by atoms with Gasteiger partial charge in [0.1, 0.15) is 11.9 Å². The van der Waals surface area contributed by atoms with Gasteiger partial charge in [-0.3, -0.25) is 0 Å². The highest BCUT2D eigenvalue weighted by Gasteiger charge is 2.07. The summed E-state index contributed by atoms with van der Waals surface area (Å²) in [5, 5.41) is 10.4. The number of benzene rings is 3. The molecule has 0 saturated carbocycles. The Hall–Kier alpha value is -3.77. The standard InChI is InChI=1S/C25H15FO/c26-23-18-15-21(16-19-23)10-4-7-13-25(27)24-12-6-5-11-22(24)17-14-20-8-2-1-3-9-20/h1-3,5-6,8-9,11-12,15-16,18-19,25,27H. The van der Waals surface area contributed by atoms with Crippen LogP contribution in [0, 0.1) is 41.3 Å². The lowest BCUT2D eigenvalue weighted by Crippen LogP contribution is -1.97. The fourth-order valence-electron chi connectivity index (χ4n) is 2.33. The van der Waals surface area contributed by atoms with Crippen molar-refractivity contribution in [2.45, 2.75) is 6.10 Å². The quantitative estimate of drug-likeness (QED) is 0.648. The van der Waals surface area contributed by atoms with Crippen LogP contribution in [0.25, 0.3) is 0 Å². The van der Waals surface area contributed by atoms with Crippen molar-refractivity contribution < 1.29 is 9.50 Å². The largest absolute Gasteiger partial charge is 0.376 e. The third-order valence-corrected chi connectivity index (χ3v) is 3.69. The Kier molecular flexibility index (Phi) is 6.06. The molecule has 0 amide bonds. The van der Waals surface area contributed by atoms with E-state index in [1.807, 2.05) is 48.5 Å². The minimum atomic E-state index is -0.992.